The predicted molar refractivity (Wildman–Crippen MR) is 64.2 cm³/mol. The SMILES string of the molecule is CCN(CC)CCCN.NCCCN. The molecule has 0 aliphatic carbocycles. The van der Waals surface area contributed by atoms with Crippen LogP contribution in [0.2, 0.25) is 0 Å². The summed E-state index contributed by atoms with van der Waals surface area (Å²) in [6.07, 6.45) is 2.07. The highest BCUT2D eigenvalue weighted by atomic mass is 15.1. The summed E-state index contributed by atoms with van der Waals surface area (Å²) in [5.74, 6) is 0. The molecule has 6 N–H and O–H groups in total. The van der Waals surface area contributed by atoms with Crippen molar-refractivity contribution in [1.82, 2.24) is 4.90 Å². The molecule has 14 heavy (non-hydrogen) atoms. The molecule has 0 saturated carbocycles. The van der Waals surface area contributed by atoms with Crippen LogP contribution in [0.4, 0.5) is 0 Å². The van der Waals surface area contributed by atoms with Gasteiger partial charge in [-0.2, -0.15) is 0 Å². The molecular formula is C10H28N4. The second kappa shape index (κ2) is 15.3. The fourth-order valence-electron chi connectivity index (χ4n) is 0.973. The minimum absolute atomic E-state index is 0.719. The second-order valence-electron chi connectivity index (χ2n) is 3.10. The summed E-state index contributed by atoms with van der Waals surface area (Å²) in [6.45, 7) is 10.1. The third-order valence-electron chi connectivity index (χ3n) is 1.98. The molecule has 0 aromatic rings. The van der Waals surface area contributed by atoms with Crippen LogP contribution in [-0.4, -0.2) is 44.2 Å². The van der Waals surface area contributed by atoms with Crippen LogP contribution >= 0.6 is 0 Å². The molecular weight excluding hydrogens is 176 g/mol. The highest BCUT2D eigenvalue weighted by molar-refractivity contribution is 4.51. The van der Waals surface area contributed by atoms with E-state index < -0.39 is 0 Å². The van der Waals surface area contributed by atoms with Crippen molar-refractivity contribution in [2.75, 3.05) is 39.3 Å². The average Bonchev–Trinajstić information content (AvgIpc) is 2.22. The van der Waals surface area contributed by atoms with Crippen LogP contribution in [0.15, 0.2) is 0 Å². The lowest BCUT2D eigenvalue weighted by molar-refractivity contribution is 0.302. The summed E-state index contributed by atoms with van der Waals surface area (Å²) in [6, 6.07) is 0. The highest BCUT2D eigenvalue weighted by Crippen LogP contribution is 1.87. The van der Waals surface area contributed by atoms with E-state index in [2.05, 4.69) is 18.7 Å². The van der Waals surface area contributed by atoms with E-state index >= 15 is 0 Å². The molecule has 0 aliphatic rings. The molecule has 0 rings (SSSR count). The van der Waals surface area contributed by atoms with Crippen molar-refractivity contribution in [2.24, 2.45) is 17.2 Å². The lowest BCUT2D eigenvalue weighted by Crippen LogP contribution is -2.25. The Morgan fingerprint density at radius 1 is 0.786 bits per heavy atom. The average molecular weight is 204 g/mol. The van der Waals surface area contributed by atoms with Gasteiger partial charge < -0.3 is 22.1 Å². The monoisotopic (exact) mass is 204 g/mol. The van der Waals surface area contributed by atoms with Gasteiger partial charge in [-0.1, -0.05) is 13.8 Å². The van der Waals surface area contributed by atoms with Gasteiger partial charge in [0.2, 0.25) is 0 Å². The van der Waals surface area contributed by atoms with Gasteiger partial charge in [0.1, 0.15) is 0 Å². The lowest BCUT2D eigenvalue weighted by Gasteiger charge is -2.16. The van der Waals surface area contributed by atoms with E-state index in [0.29, 0.717) is 0 Å². The van der Waals surface area contributed by atoms with Crippen molar-refractivity contribution >= 4 is 0 Å². The molecule has 4 nitrogen and oxygen atoms in total. The van der Waals surface area contributed by atoms with E-state index in [1.807, 2.05) is 0 Å². The Balaban J connectivity index is 0. The van der Waals surface area contributed by atoms with E-state index in [4.69, 9.17) is 17.2 Å². The van der Waals surface area contributed by atoms with Crippen molar-refractivity contribution in [2.45, 2.75) is 26.7 Å². The summed E-state index contributed by atoms with van der Waals surface area (Å²) in [4.78, 5) is 2.38. The van der Waals surface area contributed by atoms with Crippen molar-refractivity contribution in [1.29, 1.82) is 0 Å². The van der Waals surface area contributed by atoms with Gasteiger partial charge in [0.05, 0.1) is 0 Å². The topological polar surface area (TPSA) is 81.3 Å². The quantitative estimate of drug-likeness (QED) is 0.544. The molecule has 4 heteroatoms. The first-order valence-corrected chi connectivity index (χ1v) is 5.59. The molecule has 88 valence electrons. The fraction of sp³-hybridized carbons (Fsp3) is 1.00. The molecule has 0 aromatic heterocycles. The minimum atomic E-state index is 0.719. The van der Waals surface area contributed by atoms with Crippen molar-refractivity contribution in [3.05, 3.63) is 0 Å². The van der Waals surface area contributed by atoms with Gasteiger partial charge in [-0.05, 0) is 52.1 Å². The molecule has 0 spiro atoms. The van der Waals surface area contributed by atoms with E-state index in [1.165, 1.54) is 0 Å². The molecule has 0 saturated heterocycles. The lowest BCUT2D eigenvalue weighted by atomic mass is 10.4. The standard InChI is InChI=1S/C7H18N2.C3H10N2/c1-3-9(4-2)7-5-6-8;4-2-1-3-5/h3-8H2,1-2H3;1-5H2. The van der Waals surface area contributed by atoms with Crippen molar-refractivity contribution in [3.63, 3.8) is 0 Å². The maximum Gasteiger partial charge on any atom is -0.000695 e. The summed E-state index contributed by atoms with van der Waals surface area (Å²) in [5, 5.41) is 0. The Kier molecular flexibility index (Phi) is 17.8. The Bertz CT molecular complexity index is 82.2. The molecule has 0 atom stereocenters. The van der Waals surface area contributed by atoms with Crippen LogP contribution in [-0.2, 0) is 0 Å². The molecule has 0 aliphatic heterocycles. The van der Waals surface area contributed by atoms with Gasteiger partial charge in [-0.25, -0.2) is 0 Å². The molecule has 0 radical (unpaired) electrons. The summed E-state index contributed by atoms with van der Waals surface area (Å²) in [5.41, 5.74) is 15.5. The van der Waals surface area contributed by atoms with E-state index in [0.717, 1.165) is 52.1 Å². The van der Waals surface area contributed by atoms with E-state index in [1.54, 1.807) is 0 Å². The van der Waals surface area contributed by atoms with Crippen molar-refractivity contribution < 1.29 is 0 Å². The van der Waals surface area contributed by atoms with Gasteiger partial charge >= 0.3 is 0 Å². The number of rotatable bonds is 7. The minimum Gasteiger partial charge on any atom is -0.330 e. The van der Waals surface area contributed by atoms with Gasteiger partial charge in [0.15, 0.2) is 0 Å². The molecule has 0 bridgehead atoms. The van der Waals surface area contributed by atoms with Crippen LogP contribution in [0.5, 0.6) is 0 Å². The number of nitrogens with zero attached hydrogens (tertiary/aromatic N) is 1. The van der Waals surface area contributed by atoms with Crippen LogP contribution in [0.3, 0.4) is 0 Å². The van der Waals surface area contributed by atoms with Gasteiger partial charge in [-0.3, -0.25) is 0 Å². The zero-order valence-corrected chi connectivity index (χ0v) is 9.84. The Morgan fingerprint density at radius 2 is 1.21 bits per heavy atom. The van der Waals surface area contributed by atoms with Crippen LogP contribution in [0.1, 0.15) is 26.7 Å². The van der Waals surface area contributed by atoms with E-state index in [9.17, 15) is 0 Å². The van der Waals surface area contributed by atoms with Gasteiger partial charge in [0.25, 0.3) is 0 Å². The first kappa shape index (κ1) is 16.3. The number of nitrogens with two attached hydrogens (primary N) is 3. The summed E-state index contributed by atoms with van der Waals surface area (Å²) >= 11 is 0. The van der Waals surface area contributed by atoms with Gasteiger partial charge in [-0.15, -0.1) is 0 Å². The third kappa shape index (κ3) is 14.4. The Hall–Kier alpha value is -0.160. The predicted octanol–water partition coefficient (Wildman–Crippen LogP) is -0.0291. The smallest absolute Gasteiger partial charge is 0.000695 e. The molecule has 0 amide bonds. The Morgan fingerprint density at radius 3 is 1.43 bits per heavy atom. The van der Waals surface area contributed by atoms with E-state index in [-0.39, 0.29) is 0 Å². The molecule has 0 fully saturated rings. The fourth-order valence-corrected chi connectivity index (χ4v) is 0.973. The maximum absolute atomic E-state index is 5.36. The summed E-state index contributed by atoms with van der Waals surface area (Å²) in [7, 11) is 0. The number of hydrogen-bond acceptors (Lipinski definition) is 4. The van der Waals surface area contributed by atoms with Crippen LogP contribution in [0, 0.1) is 0 Å². The normalized spacial score (nSPS) is 9.86. The first-order valence-electron chi connectivity index (χ1n) is 5.59. The molecule has 0 unspecified atom stereocenters. The third-order valence-corrected chi connectivity index (χ3v) is 1.98. The molecule has 0 aromatic carbocycles. The van der Waals surface area contributed by atoms with Gasteiger partial charge in [0, 0.05) is 0 Å². The number of hydrogen-bond donors (Lipinski definition) is 3. The molecule has 0 heterocycles. The highest BCUT2D eigenvalue weighted by Gasteiger charge is 1.94. The second-order valence-corrected chi connectivity index (χ2v) is 3.10. The zero-order chi connectivity index (χ0) is 11.2. The summed E-state index contributed by atoms with van der Waals surface area (Å²) < 4.78 is 0. The van der Waals surface area contributed by atoms with Crippen molar-refractivity contribution in [3.8, 4) is 0 Å². The largest absolute Gasteiger partial charge is 0.330 e. The van der Waals surface area contributed by atoms with Crippen LogP contribution < -0.4 is 17.2 Å². The zero-order valence-electron chi connectivity index (χ0n) is 9.84. The first-order chi connectivity index (χ1) is 6.76. The maximum atomic E-state index is 5.36. The van der Waals surface area contributed by atoms with Crippen LogP contribution in [0.25, 0.3) is 0 Å². The Labute approximate surface area is 88.8 Å².